The second kappa shape index (κ2) is 8.68. The predicted molar refractivity (Wildman–Crippen MR) is 100 cm³/mol. The van der Waals surface area contributed by atoms with E-state index in [1.807, 2.05) is 25.1 Å². The zero-order valence-corrected chi connectivity index (χ0v) is 16.2. The number of sulfonamides is 1. The highest BCUT2D eigenvalue weighted by molar-refractivity contribution is 7.89. The van der Waals surface area contributed by atoms with Crippen LogP contribution in [0.2, 0.25) is 0 Å². The maximum atomic E-state index is 12.5. The summed E-state index contributed by atoms with van der Waals surface area (Å²) in [7, 11) is -2.84. The van der Waals surface area contributed by atoms with Crippen molar-refractivity contribution in [1.29, 1.82) is 0 Å². The van der Waals surface area contributed by atoms with Crippen LogP contribution >= 0.6 is 0 Å². The van der Waals surface area contributed by atoms with Crippen molar-refractivity contribution in [2.75, 3.05) is 7.05 Å². The molecule has 2 aromatic rings. The van der Waals surface area contributed by atoms with Crippen LogP contribution in [0.1, 0.15) is 18.1 Å². The third-order valence-electron chi connectivity index (χ3n) is 3.91. The Morgan fingerprint density at radius 1 is 1.07 bits per heavy atom. The van der Waals surface area contributed by atoms with Crippen molar-refractivity contribution in [2.24, 2.45) is 0 Å². The molecule has 0 saturated carbocycles. The minimum Gasteiger partial charge on any atom is -0.445 e. The zero-order chi connectivity index (χ0) is 20.0. The number of alkyl carbamates (subject to hydrolysis) is 1. The highest BCUT2D eigenvalue weighted by Gasteiger charge is 2.29. The summed E-state index contributed by atoms with van der Waals surface area (Å²) in [5.74, 6) is -0.771. The summed E-state index contributed by atoms with van der Waals surface area (Å²) in [5, 5.41) is 2.35. The van der Waals surface area contributed by atoms with Gasteiger partial charge in [-0.1, -0.05) is 48.0 Å². The van der Waals surface area contributed by atoms with Gasteiger partial charge < -0.3 is 10.1 Å². The van der Waals surface area contributed by atoms with Crippen LogP contribution in [-0.2, 0) is 26.2 Å². The number of rotatable bonds is 6. The Morgan fingerprint density at radius 2 is 1.67 bits per heavy atom. The fourth-order valence-corrected chi connectivity index (χ4v) is 3.45. The van der Waals surface area contributed by atoms with Gasteiger partial charge >= 0.3 is 6.09 Å². The summed E-state index contributed by atoms with van der Waals surface area (Å²) in [6.45, 7) is 3.27. The maximum absolute atomic E-state index is 12.5. The molecule has 0 aliphatic carbocycles. The first kappa shape index (κ1) is 20.4. The van der Waals surface area contributed by atoms with Crippen molar-refractivity contribution in [1.82, 2.24) is 9.62 Å². The van der Waals surface area contributed by atoms with E-state index >= 15 is 0 Å². The van der Waals surface area contributed by atoms with Gasteiger partial charge in [0, 0.05) is 7.05 Å². The summed E-state index contributed by atoms with van der Waals surface area (Å²) < 4.78 is 30.8. The van der Waals surface area contributed by atoms with Gasteiger partial charge in [0.15, 0.2) is 0 Å². The lowest BCUT2D eigenvalue weighted by molar-refractivity contribution is -0.127. The first-order valence-electron chi connectivity index (χ1n) is 8.28. The van der Waals surface area contributed by atoms with Crippen molar-refractivity contribution in [2.45, 2.75) is 31.4 Å². The van der Waals surface area contributed by atoms with Crippen LogP contribution < -0.4 is 5.32 Å². The van der Waals surface area contributed by atoms with Gasteiger partial charge in [-0.25, -0.2) is 17.5 Å². The number of benzene rings is 2. The topological polar surface area (TPSA) is 92.8 Å². The van der Waals surface area contributed by atoms with Crippen LogP contribution in [0.5, 0.6) is 0 Å². The SMILES string of the molecule is Cc1ccc(S(=O)(=O)N(C)C(=O)[C@H](C)NC(=O)OCc2ccccc2)cc1. The third kappa shape index (κ3) is 5.30. The molecule has 0 bridgehead atoms. The average molecular weight is 390 g/mol. The fraction of sp³-hybridized carbons (Fsp3) is 0.263. The van der Waals surface area contributed by atoms with Gasteiger partial charge in [0.25, 0.3) is 15.9 Å². The summed E-state index contributed by atoms with van der Waals surface area (Å²) in [5.41, 5.74) is 1.70. The Hall–Kier alpha value is -2.87. The molecule has 0 fully saturated rings. The van der Waals surface area contributed by atoms with Gasteiger partial charge in [0.2, 0.25) is 0 Å². The van der Waals surface area contributed by atoms with Crippen molar-refractivity contribution < 1.29 is 22.7 Å². The number of likely N-dealkylation sites (N-methyl/N-ethyl adjacent to an activating group) is 1. The summed E-state index contributed by atoms with van der Waals surface area (Å²) in [6, 6.07) is 14.1. The highest BCUT2D eigenvalue weighted by atomic mass is 32.2. The van der Waals surface area contributed by atoms with E-state index in [0.717, 1.165) is 18.2 Å². The molecule has 0 unspecified atom stereocenters. The quantitative estimate of drug-likeness (QED) is 0.818. The van der Waals surface area contributed by atoms with Crippen molar-refractivity contribution >= 4 is 22.0 Å². The number of aryl methyl sites for hydroxylation is 1. The number of carbonyl (C=O) groups excluding carboxylic acids is 2. The Bertz CT molecular complexity index is 895. The third-order valence-corrected chi connectivity index (χ3v) is 5.68. The molecular formula is C19H22N2O5S. The van der Waals surface area contributed by atoms with E-state index in [-0.39, 0.29) is 11.5 Å². The second-order valence-corrected chi connectivity index (χ2v) is 8.02. The monoisotopic (exact) mass is 390 g/mol. The normalized spacial score (nSPS) is 12.1. The molecule has 0 aliphatic heterocycles. The molecule has 7 nitrogen and oxygen atoms in total. The Kier molecular flexibility index (Phi) is 6.57. The van der Waals surface area contributed by atoms with Crippen LogP contribution in [0, 0.1) is 6.92 Å². The van der Waals surface area contributed by atoms with Crippen LogP contribution in [0.3, 0.4) is 0 Å². The van der Waals surface area contributed by atoms with E-state index in [1.54, 1.807) is 24.3 Å². The van der Waals surface area contributed by atoms with Crippen molar-refractivity contribution in [3.05, 3.63) is 65.7 Å². The number of hydrogen-bond acceptors (Lipinski definition) is 5. The minimum absolute atomic E-state index is 0.00260. The molecule has 0 aromatic heterocycles. The Morgan fingerprint density at radius 3 is 2.26 bits per heavy atom. The van der Waals surface area contributed by atoms with E-state index in [1.165, 1.54) is 19.1 Å². The first-order chi connectivity index (χ1) is 12.7. The molecule has 2 amide bonds. The number of carbonyl (C=O) groups is 2. The standard InChI is InChI=1S/C19H22N2O5S/c1-14-9-11-17(12-10-14)27(24,25)21(3)18(22)15(2)20-19(23)26-13-16-7-5-4-6-8-16/h4-12,15H,13H2,1-3H3,(H,20,23)/t15-/m0/s1. The molecule has 1 N–H and O–H groups in total. The largest absolute Gasteiger partial charge is 0.445 e. The van der Waals surface area contributed by atoms with Crippen LogP contribution in [0.4, 0.5) is 4.79 Å². The zero-order valence-electron chi connectivity index (χ0n) is 15.4. The first-order valence-corrected chi connectivity index (χ1v) is 9.72. The lowest BCUT2D eigenvalue weighted by atomic mass is 10.2. The fourth-order valence-electron chi connectivity index (χ4n) is 2.26. The van der Waals surface area contributed by atoms with E-state index in [2.05, 4.69) is 5.32 Å². The van der Waals surface area contributed by atoms with Gasteiger partial charge in [0.05, 0.1) is 4.90 Å². The molecule has 0 saturated heterocycles. The molecule has 2 rings (SSSR count). The van der Waals surface area contributed by atoms with Crippen molar-refractivity contribution in [3.8, 4) is 0 Å². The number of nitrogens with one attached hydrogen (secondary N) is 1. The minimum atomic E-state index is -4.00. The van der Waals surface area contributed by atoms with Crippen LogP contribution in [0.25, 0.3) is 0 Å². The van der Waals surface area contributed by atoms with Gasteiger partial charge in [-0.15, -0.1) is 0 Å². The lowest BCUT2D eigenvalue weighted by Gasteiger charge is -2.22. The molecular weight excluding hydrogens is 368 g/mol. The molecule has 0 radical (unpaired) electrons. The molecule has 0 aliphatic rings. The van der Waals surface area contributed by atoms with Gasteiger partial charge in [0.1, 0.15) is 12.6 Å². The number of nitrogens with zero attached hydrogens (tertiary/aromatic N) is 1. The molecule has 0 spiro atoms. The lowest BCUT2D eigenvalue weighted by Crippen LogP contribution is -2.47. The van der Waals surface area contributed by atoms with Crippen LogP contribution in [-0.4, -0.2) is 37.8 Å². The number of ether oxygens (including phenoxy) is 1. The van der Waals surface area contributed by atoms with Crippen LogP contribution in [0.15, 0.2) is 59.5 Å². The molecule has 2 aromatic carbocycles. The molecule has 144 valence electrons. The predicted octanol–water partition coefficient (Wildman–Crippen LogP) is 2.46. The Labute approximate surface area is 159 Å². The number of hydrogen-bond donors (Lipinski definition) is 1. The molecule has 27 heavy (non-hydrogen) atoms. The smallest absolute Gasteiger partial charge is 0.408 e. The Balaban J connectivity index is 1.96. The van der Waals surface area contributed by atoms with Gasteiger partial charge in [-0.3, -0.25) is 4.79 Å². The second-order valence-electron chi connectivity index (χ2n) is 6.05. The van der Waals surface area contributed by atoms with Gasteiger partial charge in [-0.2, -0.15) is 0 Å². The summed E-state index contributed by atoms with van der Waals surface area (Å²) >= 11 is 0. The van der Waals surface area contributed by atoms with Crippen molar-refractivity contribution in [3.63, 3.8) is 0 Å². The maximum Gasteiger partial charge on any atom is 0.408 e. The summed E-state index contributed by atoms with van der Waals surface area (Å²) in [6.07, 6.45) is -0.805. The van der Waals surface area contributed by atoms with E-state index < -0.39 is 28.1 Å². The molecule has 8 heteroatoms. The number of amides is 2. The van der Waals surface area contributed by atoms with E-state index in [9.17, 15) is 18.0 Å². The molecule has 1 atom stereocenters. The molecule has 0 heterocycles. The van der Waals surface area contributed by atoms with E-state index in [0.29, 0.717) is 4.31 Å². The van der Waals surface area contributed by atoms with Gasteiger partial charge in [-0.05, 0) is 31.5 Å². The highest BCUT2D eigenvalue weighted by Crippen LogP contribution is 2.16. The van der Waals surface area contributed by atoms with E-state index in [4.69, 9.17) is 4.74 Å². The average Bonchev–Trinajstić information content (AvgIpc) is 2.66. The summed E-state index contributed by atoms with van der Waals surface area (Å²) in [4.78, 5) is 24.3.